The minimum atomic E-state index is -3.47. The number of nitrogens with zero attached hydrogens (tertiary/aromatic N) is 1. The van der Waals surface area contributed by atoms with E-state index in [-0.39, 0.29) is 12.1 Å². The highest BCUT2D eigenvalue weighted by Crippen LogP contribution is 2.30. The zero-order valence-electron chi connectivity index (χ0n) is 12.3. The van der Waals surface area contributed by atoms with Crippen LogP contribution in [0.4, 0.5) is 0 Å². The molecule has 4 nitrogen and oxygen atoms in total. The maximum atomic E-state index is 13.0. The summed E-state index contributed by atoms with van der Waals surface area (Å²) in [5.74, 6) is 0. The monoisotopic (exact) mass is 374 g/mol. The second kappa shape index (κ2) is 7.22. The van der Waals surface area contributed by atoms with Gasteiger partial charge in [0.05, 0.1) is 4.90 Å². The molecule has 1 aromatic rings. The molecular weight excluding hydrogens is 352 g/mol. The van der Waals surface area contributed by atoms with Crippen LogP contribution in [-0.2, 0) is 10.0 Å². The Morgan fingerprint density at radius 3 is 2.43 bits per heavy atom. The molecule has 0 amide bonds. The van der Waals surface area contributed by atoms with Crippen LogP contribution in [0.3, 0.4) is 0 Å². The van der Waals surface area contributed by atoms with Gasteiger partial charge < -0.3 is 5.73 Å². The first-order chi connectivity index (χ1) is 9.96. The zero-order valence-corrected chi connectivity index (χ0v) is 14.7. The van der Waals surface area contributed by atoms with Crippen LogP contribution >= 0.6 is 15.9 Å². The lowest BCUT2D eigenvalue weighted by atomic mass is 9.92. The highest BCUT2D eigenvalue weighted by atomic mass is 79.9. The van der Waals surface area contributed by atoms with Gasteiger partial charge in [0.2, 0.25) is 10.0 Å². The smallest absolute Gasteiger partial charge is 0.244 e. The van der Waals surface area contributed by atoms with Gasteiger partial charge in [0, 0.05) is 23.1 Å². The van der Waals surface area contributed by atoms with Crippen LogP contribution in [0.2, 0.25) is 0 Å². The van der Waals surface area contributed by atoms with Crippen molar-refractivity contribution in [3.63, 3.8) is 0 Å². The van der Waals surface area contributed by atoms with E-state index in [0.717, 1.165) is 32.1 Å². The third kappa shape index (κ3) is 3.86. The summed E-state index contributed by atoms with van der Waals surface area (Å²) < 4.78 is 28.3. The molecule has 0 heterocycles. The fourth-order valence-electron chi connectivity index (χ4n) is 2.89. The van der Waals surface area contributed by atoms with Crippen LogP contribution < -0.4 is 5.73 Å². The van der Waals surface area contributed by atoms with Crippen molar-refractivity contribution in [3.05, 3.63) is 28.7 Å². The molecule has 2 rings (SSSR count). The van der Waals surface area contributed by atoms with Crippen molar-refractivity contribution >= 4 is 26.0 Å². The van der Waals surface area contributed by atoms with Gasteiger partial charge in [-0.2, -0.15) is 4.31 Å². The lowest BCUT2D eigenvalue weighted by molar-refractivity contribution is 0.240. The standard InChI is InChI=1S/C15H23BrN2O2S/c1-2-11-18(13-9-7-12(17)8-10-13)21(19,20)15-6-4-3-5-14(15)16/h3-6,12-13H,2,7-11,17H2,1H3. The number of hydrogen-bond donors (Lipinski definition) is 1. The molecule has 1 aromatic carbocycles. The summed E-state index contributed by atoms with van der Waals surface area (Å²) in [7, 11) is -3.47. The molecule has 21 heavy (non-hydrogen) atoms. The minimum absolute atomic E-state index is 0.0712. The van der Waals surface area contributed by atoms with Crippen LogP contribution in [-0.4, -0.2) is 31.4 Å². The second-order valence-corrected chi connectivity index (χ2v) is 8.33. The Labute approximate surface area is 135 Å². The minimum Gasteiger partial charge on any atom is -0.328 e. The summed E-state index contributed by atoms with van der Waals surface area (Å²) in [6.45, 7) is 2.57. The van der Waals surface area contributed by atoms with Crippen molar-refractivity contribution in [2.24, 2.45) is 5.73 Å². The van der Waals surface area contributed by atoms with E-state index in [0.29, 0.717) is 15.9 Å². The first kappa shape index (κ1) is 16.9. The molecule has 2 N–H and O–H groups in total. The van der Waals surface area contributed by atoms with Gasteiger partial charge in [-0.05, 0) is 60.2 Å². The summed E-state index contributed by atoms with van der Waals surface area (Å²) in [6, 6.07) is 7.31. The molecule has 1 aliphatic rings. The van der Waals surface area contributed by atoms with Gasteiger partial charge in [0.25, 0.3) is 0 Å². The molecule has 0 aromatic heterocycles. The molecule has 0 unspecified atom stereocenters. The summed E-state index contributed by atoms with van der Waals surface area (Å²) in [6.07, 6.45) is 4.31. The number of rotatable bonds is 5. The van der Waals surface area contributed by atoms with Crippen LogP contribution in [0.5, 0.6) is 0 Å². The molecule has 0 saturated heterocycles. The van der Waals surface area contributed by atoms with E-state index in [1.807, 2.05) is 13.0 Å². The lowest BCUT2D eigenvalue weighted by Gasteiger charge is -2.35. The third-order valence-electron chi connectivity index (χ3n) is 4.02. The van der Waals surface area contributed by atoms with E-state index in [1.54, 1.807) is 22.5 Å². The summed E-state index contributed by atoms with van der Waals surface area (Å²) in [5, 5.41) is 0. The van der Waals surface area contributed by atoms with Gasteiger partial charge >= 0.3 is 0 Å². The highest BCUT2D eigenvalue weighted by Gasteiger charge is 2.33. The van der Waals surface area contributed by atoms with E-state index >= 15 is 0 Å². The van der Waals surface area contributed by atoms with E-state index in [9.17, 15) is 8.42 Å². The molecule has 0 atom stereocenters. The molecule has 0 bridgehead atoms. The fourth-order valence-corrected chi connectivity index (χ4v) is 5.63. The van der Waals surface area contributed by atoms with Gasteiger partial charge in [-0.1, -0.05) is 19.1 Å². The molecule has 0 spiro atoms. The number of benzene rings is 1. The highest BCUT2D eigenvalue weighted by molar-refractivity contribution is 9.10. The molecule has 1 fully saturated rings. The van der Waals surface area contributed by atoms with Crippen LogP contribution in [0, 0.1) is 0 Å². The molecule has 1 saturated carbocycles. The molecule has 1 aliphatic carbocycles. The Bertz CT molecular complexity index is 569. The topological polar surface area (TPSA) is 63.4 Å². The maximum absolute atomic E-state index is 13.0. The number of hydrogen-bond acceptors (Lipinski definition) is 3. The van der Waals surface area contributed by atoms with Gasteiger partial charge in [-0.3, -0.25) is 0 Å². The van der Waals surface area contributed by atoms with E-state index in [2.05, 4.69) is 15.9 Å². The molecule has 0 aliphatic heterocycles. The first-order valence-electron chi connectivity index (χ1n) is 7.48. The Morgan fingerprint density at radius 1 is 1.24 bits per heavy atom. The lowest BCUT2D eigenvalue weighted by Crippen LogP contribution is -2.44. The summed E-state index contributed by atoms with van der Waals surface area (Å²) >= 11 is 3.36. The average molecular weight is 375 g/mol. The Hall–Kier alpha value is -0.430. The first-order valence-corrected chi connectivity index (χ1v) is 9.72. The van der Waals surface area contributed by atoms with Crippen molar-refractivity contribution in [3.8, 4) is 0 Å². The van der Waals surface area contributed by atoms with Crippen molar-refractivity contribution < 1.29 is 8.42 Å². The number of halogens is 1. The molecule has 6 heteroatoms. The van der Waals surface area contributed by atoms with E-state index in [1.165, 1.54) is 0 Å². The maximum Gasteiger partial charge on any atom is 0.244 e. The van der Waals surface area contributed by atoms with Crippen molar-refractivity contribution in [1.29, 1.82) is 0 Å². The normalized spacial score (nSPS) is 23.4. The van der Waals surface area contributed by atoms with E-state index < -0.39 is 10.0 Å². The molecule has 0 radical (unpaired) electrons. The van der Waals surface area contributed by atoms with Crippen molar-refractivity contribution in [2.45, 2.75) is 56.0 Å². The average Bonchev–Trinajstić information content (AvgIpc) is 2.46. The summed E-state index contributed by atoms with van der Waals surface area (Å²) in [4.78, 5) is 0.355. The molecule has 118 valence electrons. The predicted molar refractivity (Wildman–Crippen MR) is 88.6 cm³/mol. The number of nitrogens with two attached hydrogens (primary N) is 1. The zero-order chi connectivity index (χ0) is 15.5. The van der Waals surface area contributed by atoms with Crippen molar-refractivity contribution in [2.75, 3.05) is 6.54 Å². The van der Waals surface area contributed by atoms with Crippen LogP contribution in [0.1, 0.15) is 39.0 Å². The van der Waals surface area contributed by atoms with Gasteiger partial charge in [-0.25, -0.2) is 8.42 Å². The predicted octanol–water partition coefficient (Wildman–Crippen LogP) is 3.12. The quantitative estimate of drug-likeness (QED) is 0.860. The van der Waals surface area contributed by atoms with Gasteiger partial charge in [0.15, 0.2) is 0 Å². The second-order valence-electron chi connectivity index (χ2n) is 5.61. The van der Waals surface area contributed by atoms with Crippen LogP contribution in [0.15, 0.2) is 33.6 Å². The Morgan fingerprint density at radius 2 is 1.86 bits per heavy atom. The number of sulfonamides is 1. The SMILES string of the molecule is CCCN(C1CCC(N)CC1)S(=O)(=O)c1ccccc1Br. The largest absolute Gasteiger partial charge is 0.328 e. The molecular formula is C15H23BrN2O2S. The Balaban J connectivity index is 2.31. The Kier molecular flexibility index (Phi) is 5.82. The van der Waals surface area contributed by atoms with Crippen molar-refractivity contribution in [1.82, 2.24) is 4.31 Å². The summed E-state index contributed by atoms with van der Waals surface area (Å²) in [5.41, 5.74) is 5.94. The van der Waals surface area contributed by atoms with Gasteiger partial charge in [-0.15, -0.1) is 0 Å². The van der Waals surface area contributed by atoms with Gasteiger partial charge in [0.1, 0.15) is 0 Å². The third-order valence-corrected chi connectivity index (χ3v) is 6.98. The van der Waals surface area contributed by atoms with E-state index in [4.69, 9.17) is 5.73 Å². The fraction of sp³-hybridized carbons (Fsp3) is 0.600. The van der Waals surface area contributed by atoms with Crippen LogP contribution in [0.25, 0.3) is 0 Å².